The fourth-order valence-corrected chi connectivity index (χ4v) is 4.38. The molecule has 3 aliphatic rings. The molecule has 0 aromatic rings. The van der Waals surface area contributed by atoms with Crippen LogP contribution in [0, 0.1) is 23.7 Å². The fraction of sp³-hybridized carbons (Fsp3) is 0.773. The van der Waals surface area contributed by atoms with Crippen molar-refractivity contribution in [3.8, 4) is 0 Å². The van der Waals surface area contributed by atoms with Gasteiger partial charge in [0.2, 0.25) is 6.29 Å². The third-order valence-corrected chi connectivity index (χ3v) is 5.72. The molecule has 8 nitrogen and oxygen atoms in total. The SMILES string of the molecule is CC(=O)O[C@H]1C[C@H]2C(COC(=O)CC(C)C)=CO[C@@H](OC(=O)CC(C)C)[C@@H]2[C@@]12CO2. The Bertz CT molecular complexity index is 706. The zero-order valence-corrected chi connectivity index (χ0v) is 18.3. The Hall–Kier alpha value is -2.09. The first kappa shape index (κ1) is 22.6. The molecule has 2 aliphatic heterocycles. The molecular formula is C22H32O8. The van der Waals surface area contributed by atoms with E-state index in [4.69, 9.17) is 23.7 Å². The summed E-state index contributed by atoms with van der Waals surface area (Å²) >= 11 is 0. The zero-order chi connectivity index (χ0) is 22.1. The van der Waals surface area contributed by atoms with Gasteiger partial charge in [-0.15, -0.1) is 0 Å². The summed E-state index contributed by atoms with van der Waals surface area (Å²) in [4.78, 5) is 35.9. The molecule has 30 heavy (non-hydrogen) atoms. The Kier molecular flexibility index (Phi) is 6.75. The highest BCUT2D eigenvalue weighted by Gasteiger charge is 2.70. The van der Waals surface area contributed by atoms with Crippen molar-refractivity contribution in [1.82, 2.24) is 0 Å². The highest BCUT2D eigenvalue weighted by Crippen LogP contribution is 2.57. The van der Waals surface area contributed by atoms with Crippen LogP contribution in [0.15, 0.2) is 11.8 Å². The molecule has 0 aromatic heterocycles. The summed E-state index contributed by atoms with van der Waals surface area (Å²) in [5, 5.41) is 0. The first-order valence-corrected chi connectivity index (χ1v) is 10.6. The van der Waals surface area contributed by atoms with E-state index in [9.17, 15) is 14.4 Å². The Morgan fingerprint density at radius 2 is 1.73 bits per heavy atom. The fourth-order valence-electron chi connectivity index (χ4n) is 4.38. The van der Waals surface area contributed by atoms with E-state index in [-0.39, 0.29) is 48.6 Å². The normalized spacial score (nSPS) is 31.8. The second kappa shape index (κ2) is 8.96. The highest BCUT2D eigenvalue weighted by atomic mass is 16.7. The standard InChI is InChI=1S/C22H32O8/c1-12(2)6-18(24)26-9-15-10-27-21(30-19(25)7-13(3)4)20-16(15)8-17(29-14(5)23)22(20)11-28-22/h10,12-13,16-17,20-21H,6-9,11H2,1-5H3/t16-,17-,20+,21-,22+/m0/s1. The minimum absolute atomic E-state index is 0.0856. The van der Waals surface area contributed by atoms with Crippen molar-refractivity contribution in [1.29, 1.82) is 0 Å². The number of esters is 3. The van der Waals surface area contributed by atoms with Gasteiger partial charge >= 0.3 is 17.9 Å². The summed E-state index contributed by atoms with van der Waals surface area (Å²) in [5.41, 5.74) is 0.0402. The van der Waals surface area contributed by atoms with E-state index in [0.29, 0.717) is 19.4 Å². The molecule has 2 fully saturated rings. The smallest absolute Gasteiger partial charge is 0.309 e. The summed E-state index contributed by atoms with van der Waals surface area (Å²) in [5.74, 6) is -1.13. The maximum atomic E-state index is 12.3. The number of hydrogen-bond donors (Lipinski definition) is 0. The second-order valence-electron chi connectivity index (χ2n) is 9.25. The molecule has 1 saturated heterocycles. The minimum Gasteiger partial charge on any atom is -0.462 e. The van der Waals surface area contributed by atoms with Gasteiger partial charge in [0.05, 0.1) is 18.8 Å². The Balaban J connectivity index is 1.77. The van der Waals surface area contributed by atoms with Crippen molar-refractivity contribution < 1.29 is 38.1 Å². The predicted molar refractivity (Wildman–Crippen MR) is 105 cm³/mol. The van der Waals surface area contributed by atoms with Gasteiger partial charge in [-0.25, -0.2) is 0 Å². The number of fused-ring (bicyclic) bond motifs is 2. The van der Waals surface area contributed by atoms with Crippen LogP contribution in [-0.4, -0.2) is 49.1 Å². The van der Waals surface area contributed by atoms with Gasteiger partial charge in [0.15, 0.2) is 0 Å². The van der Waals surface area contributed by atoms with Crippen LogP contribution in [0.4, 0.5) is 0 Å². The maximum absolute atomic E-state index is 12.3. The number of carbonyl (C=O) groups excluding carboxylic acids is 3. The summed E-state index contributed by atoms with van der Waals surface area (Å²) in [6, 6.07) is 0. The molecule has 168 valence electrons. The average molecular weight is 424 g/mol. The van der Waals surface area contributed by atoms with Crippen molar-refractivity contribution in [3.05, 3.63) is 11.8 Å². The Morgan fingerprint density at radius 1 is 1.10 bits per heavy atom. The van der Waals surface area contributed by atoms with Crippen molar-refractivity contribution >= 4 is 17.9 Å². The van der Waals surface area contributed by atoms with E-state index in [1.54, 1.807) is 0 Å². The molecule has 2 heterocycles. The third-order valence-electron chi connectivity index (χ3n) is 5.72. The van der Waals surface area contributed by atoms with Crippen LogP contribution < -0.4 is 0 Å². The Labute approximate surface area is 177 Å². The molecular weight excluding hydrogens is 392 g/mol. The number of rotatable bonds is 8. The lowest BCUT2D eigenvalue weighted by Gasteiger charge is -2.35. The number of carbonyl (C=O) groups is 3. The monoisotopic (exact) mass is 424 g/mol. The molecule has 0 N–H and O–H groups in total. The van der Waals surface area contributed by atoms with Crippen LogP contribution in [0.2, 0.25) is 0 Å². The first-order valence-electron chi connectivity index (χ1n) is 10.6. The van der Waals surface area contributed by atoms with E-state index in [0.717, 1.165) is 5.57 Å². The van der Waals surface area contributed by atoms with Gasteiger partial charge in [-0.05, 0) is 18.3 Å². The molecule has 8 heteroatoms. The molecule has 5 atom stereocenters. The first-order chi connectivity index (χ1) is 14.1. The van der Waals surface area contributed by atoms with E-state index in [2.05, 4.69) is 0 Å². The topological polar surface area (TPSA) is 101 Å². The van der Waals surface area contributed by atoms with Crippen LogP contribution in [0.3, 0.4) is 0 Å². The predicted octanol–water partition coefficient (Wildman–Crippen LogP) is 2.74. The van der Waals surface area contributed by atoms with E-state index in [1.807, 2.05) is 27.7 Å². The largest absolute Gasteiger partial charge is 0.462 e. The van der Waals surface area contributed by atoms with Crippen LogP contribution in [0.25, 0.3) is 0 Å². The van der Waals surface area contributed by atoms with Crippen LogP contribution >= 0.6 is 0 Å². The third kappa shape index (κ3) is 4.96. The van der Waals surface area contributed by atoms with Gasteiger partial charge in [0.1, 0.15) is 18.3 Å². The van der Waals surface area contributed by atoms with Gasteiger partial charge < -0.3 is 23.7 Å². The molecule has 1 aliphatic carbocycles. The van der Waals surface area contributed by atoms with Crippen molar-refractivity contribution in [3.63, 3.8) is 0 Å². The van der Waals surface area contributed by atoms with Crippen molar-refractivity contribution in [2.75, 3.05) is 13.2 Å². The van der Waals surface area contributed by atoms with Gasteiger partial charge in [-0.2, -0.15) is 0 Å². The summed E-state index contributed by atoms with van der Waals surface area (Å²) < 4.78 is 28.2. The van der Waals surface area contributed by atoms with Crippen molar-refractivity contribution in [2.45, 2.75) is 71.9 Å². The second-order valence-corrected chi connectivity index (χ2v) is 9.25. The van der Waals surface area contributed by atoms with Gasteiger partial charge in [-0.1, -0.05) is 27.7 Å². The van der Waals surface area contributed by atoms with E-state index >= 15 is 0 Å². The lowest BCUT2D eigenvalue weighted by Crippen LogP contribution is -2.45. The number of hydrogen-bond acceptors (Lipinski definition) is 8. The molecule has 0 bridgehead atoms. The zero-order valence-electron chi connectivity index (χ0n) is 18.3. The summed E-state index contributed by atoms with van der Waals surface area (Å²) in [6.07, 6.45) is 1.33. The van der Waals surface area contributed by atoms with Gasteiger partial charge in [-0.3, -0.25) is 14.4 Å². The van der Waals surface area contributed by atoms with Crippen LogP contribution in [0.1, 0.15) is 53.9 Å². The quantitative estimate of drug-likeness (QED) is 0.333. The molecule has 1 spiro atoms. The highest BCUT2D eigenvalue weighted by molar-refractivity contribution is 5.70. The summed E-state index contributed by atoms with van der Waals surface area (Å²) in [6.45, 7) is 9.62. The molecule has 0 radical (unpaired) electrons. The lowest BCUT2D eigenvalue weighted by atomic mass is 9.83. The maximum Gasteiger partial charge on any atom is 0.309 e. The molecule has 3 rings (SSSR count). The molecule has 0 aromatic carbocycles. The Morgan fingerprint density at radius 3 is 2.30 bits per heavy atom. The molecule has 0 unspecified atom stereocenters. The average Bonchev–Trinajstić information content (AvgIpc) is 3.33. The summed E-state index contributed by atoms with van der Waals surface area (Å²) in [7, 11) is 0. The lowest BCUT2D eigenvalue weighted by molar-refractivity contribution is -0.192. The molecule has 1 saturated carbocycles. The van der Waals surface area contributed by atoms with Gasteiger partial charge in [0.25, 0.3) is 0 Å². The van der Waals surface area contributed by atoms with E-state index < -0.39 is 24.0 Å². The number of ether oxygens (including phenoxy) is 5. The molecule has 0 amide bonds. The van der Waals surface area contributed by atoms with Gasteiger partial charge in [0, 0.05) is 31.3 Å². The van der Waals surface area contributed by atoms with Crippen molar-refractivity contribution in [2.24, 2.45) is 23.7 Å². The number of epoxide rings is 1. The minimum atomic E-state index is -0.834. The van der Waals surface area contributed by atoms with Crippen LogP contribution in [-0.2, 0) is 38.1 Å². The van der Waals surface area contributed by atoms with E-state index in [1.165, 1.54) is 13.2 Å². The van der Waals surface area contributed by atoms with Crippen LogP contribution in [0.5, 0.6) is 0 Å².